The molecule has 0 aliphatic carbocycles. The van der Waals surface area contributed by atoms with Crippen molar-refractivity contribution in [1.29, 1.82) is 0 Å². The minimum Gasteiger partial charge on any atom is -0.496 e. The van der Waals surface area contributed by atoms with Crippen molar-refractivity contribution in [2.24, 2.45) is 0 Å². The summed E-state index contributed by atoms with van der Waals surface area (Å²) in [5.74, 6) is 0.595. The lowest BCUT2D eigenvalue weighted by atomic mass is 10.0. The number of carbonyl (C=O) groups excluding carboxylic acids is 1. The van der Waals surface area contributed by atoms with Crippen LogP contribution in [0.15, 0.2) is 24.4 Å². The Morgan fingerprint density at radius 3 is 2.84 bits per heavy atom. The van der Waals surface area contributed by atoms with Crippen LogP contribution in [0.4, 0.5) is 0 Å². The van der Waals surface area contributed by atoms with Gasteiger partial charge in [-0.2, -0.15) is 5.10 Å². The van der Waals surface area contributed by atoms with Gasteiger partial charge in [0.25, 0.3) is 0 Å². The van der Waals surface area contributed by atoms with E-state index >= 15 is 0 Å². The van der Waals surface area contributed by atoms with Crippen LogP contribution < -0.4 is 4.74 Å². The average Bonchev–Trinajstić information content (AvgIpc) is 2.80. The summed E-state index contributed by atoms with van der Waals surface area (Å²) in [6, 6.07) is 5.61. The van der Waals surface area contributed by atoms with Crippen molar-refractivity contribution in [3.05, 3.63) is 35.7 Å². The van der Waals surface area contributed by atoms with Gasteiger partial charge >= 0.3 is 0 Å². The summed E-state index contributed by atoms with van der Waals surface area (Å²) in [6.45, 7) is 5.07. The fourth-order valence-electron chi connectivity index (χ4n) is 2.16. The Balaban J connectivity index is 2.44. The SMILES string of the molecule is CCCn1ncc(-c2ccc(OC)c(C=O)c2)c1C. The molecule has 0 unspecified atom stereocenters. The molecular weight excluding hydrogens is 240 g/mol. The molecule has 1 aromatic carbocycles. The van der Waals surface area contributed by atoms with Crippen LogP contribution in [0.2, 0.25) is 0 Å². The van der Waals surface area contributed by atoms with Crippen LogP contribution in [0, 0.1) is 6.92 Å². The maximum Gasteiger partial charge on any atom is 0.153 e. The number of carbonyl (C=O) groups is 1. The summed E-state index contributed by atoms with van der Waals surface area (Å²) in [6.07, 6.45) is 3.71. The molecule has 0 aliphatic rings. The van der Waals surface area contributed by atoms with Gasteiger partial charge in [-0.25, -0.2) is 0 Å². The summed E-state index contributed by atoms with van der Waals surface area (Å²) < 4.78 is 7.14. The van der Waals surface area contributed by atoms with Gasteiger partial charge in [-0.3, -0.25) is 9.48 Å². The highest BCUT2D eigenvalue weighted by Gasteiger charge is 2.10. The topological polar surface area (TPSA) is 44.1 Å². The highest BCUT2D eigenvalue weighted by molar-refractivity contribution is 5.83. The van der Waals surface area contributed by atoms with Gasteiger partial charge in [0.2, 0.25) is 0 Å². The zero-order valence-electron chi connectivity index (χ0n) is 11.5. The molecule has 0 fully saturated rings. The number of rotatable bonds is 5. The first kappa shape index (κ1) is 13.3. The van der Waals surface area contributed by atoms with Crippen LogP contribution in [0.5, 0.6) is 5.75 Å². The van der Waals surface area contributed by atoms with Gasteiger partial charge < -0.3 is 4.74 Å². The van der Waals surface area contributed by atoms with Crippen LogP contribution >= 0.6 is 0 Å². The molecule has 2 rings (SSSR count). The van der Waals surface area contributed by atoms with Gasteiger partial charge in [0, 0.05) is 17.8 Å². The van der Waals surface area contributed by atoms with Gasteiger partial charge in [0.1, 0.15) is 5.75 Å². The Morgan fingerprint density at radius 2 is 2.21 bits per heavy atom. The standard InChI is InChI=1S/C15H18N2O2/c1-4-7-17-11(2)14(9-16-17)12-5-6-15(19-3)13(8-12)10-18/h5-6,8-10H,4,7H2,1-3H3. The highest BCUT2D eigenvalue weighted by Crippen LogP contribution is 2.27. The lowest BCUT2D eigenvalue weighted by Gasteiger charge is -2.07. The molecule has 1 heterocycles. The summed E-state index contributed by atoms with van der Waals surface area (Å²) in [7, 11) is 1.56. The van der Waals surface area contributed by atoms with Gasteiger partial charge in [-0.1, -0.05) is 13.0 Å². The molecule has 2 aromatic rings. The molecule has 0 N–H and O–H groups in total. The number of aldehydes is 1. The summed E-state index contributed by atoms with van der Waals surface area (Å²) >= 11 is 0. The first-order valence-electron chi connectivity index (χ1n) is 6.37. The molecule has 0 amide bonds. The Bertz CT molecular complexity index is 588. The van der Waals surface area contributed by atoms with E-state index in [1.165, 1.54) is 0 Å². The number of hydrogen-bond donors (Lipinski definition) is 0. The van der Waals surface area contributed by atoms with Crippen LogP contribution in [0.3, 0.4) is 0 Å². The van der Waals surface area contributed by atoms with Crippen molar-refractivity contribution in [2.75, 3.05) is 7.11 Å². The van der Waals surface area contributed by atoms with Gasteiger partial charge in [0.05, 0.1) is 18.9 Å². The van der Waals surface area contributed by atoms with Crippen LogP contribution in [-0.2, 0) is 6.54 Å². The molecule has 4 nitrogen and oxygen atoms in total. The normalized spacial score (nSPS) is 10.5. The predicted molar refractivity (Wildman–Crippen MR) is 74.6 cm³/mol. The van der Waals surface area contributed by atoms with Crippen molar-refractivity contribution < 1.29 is 9.53 Å². The molecule has 0 atom stereocenters. The van der Waals surface area contributed by atoms with E-state index in [-0.39, 0.29) is 0 Å². The number of benzene rings is 1. The number of methoxy groups -OCH3 is 1. The van der Waals surface area contributed by atoms with Gasteiger partial charge in [-0.15, -0.1) is 0 Å². The van der Waals surface area contributed by atoms with E-state index in [9.17, 15) is 4.79 Å². The number of nitrogens with zero attached hydrogens (tertiary/aromatic N) is 2. The van der Waals surface area contributed by atoms with Crippen LogP contribution in [0.25, 0.3) is 11.1 Å². The van der Waals surface area contributed by atoms with Crippen molar-refractivity contribution in [3.8, 4) is 16.9 Å². The second-order valence-electron chi connectivity index (χ2n) is 4.44. The minimum atomic E-state index is 0.558. The molecule has 0 radical (unpaired) electrons. The highest BCUT2D eigenvalue weighted by atomic mass is 16.5. The molecule has 19 heavy (non-hydrogen) atoms. The predicted octanol–water partition coefficient (Wildman–Crippen LogP) is 3.09. The molecule has 0 bridgehead atoms. The van der Waals surface area contributed by atoms with E-state index in [0.717, 1.165) is 36.1 Å². The lowest BCUT2D eigenvalue weighted by Crippen LogP contribution is -2.01. The maximum atomic E-state index is 11.1. The average molecular weight is 258 g/mol. The summed E-state index contributed by atoms with van der Waals surface area (Å²) in [5, 5.41) is 4.38. The quantitative estimate of drug-likeness (QED) is 0.774. The monoisotopic (exact) mass is 258 g/mol. The van der Waals surface area contributed by atoms with Gasteiger partial charge in [-0.05, 0) is 31.0 Å². The second-order valence-corrected chi connectivity index (χ2v) is 4.44. The maximum absolute atomic E-state index is 11.1. The molecule has 4 heteroatoms. The molecule has 1 aromatic heterocycles. The Hall–Kier alpha value is -2.10. The summed E-state index contributed by atoms with van der Waals surface area (Å²) in [5.41, 5.74) is 3.72. The third-order valence-electron chi connectivity index (χ3n) is 3.21. The number of aryl methyl sites for hydroxylation is 1. The molecular formula is C15H18N2O2. The zero-order chi connectivity index (χ0) is 13.8. The van der Waals surface area contributed by atoms with E-state index in [4.69, 9.17) is 4.74 Å². The Morgan fingerprint density at radius 1 is 1.42 bits per heavy atom. The molecule has 100 valence electrons. The Labute approximate surface area is 113 Å². The van der Waals surface area contributed by atoms with Crippen molar-refractivity contribution in [3.63, 3.8) is 0 Å². The summed E-state index contributed by atoms with van der Waals surface area (Å²) in [4.78, 5) is 11.1. The van der Waals surface area contributed by atoms with Gasteiger partial charge in [0.15, 0.2) is 6.29 Å². The van der Waals surface area contributed by atoms with E-state index in [1.54, 1.807) is 7.11 Å². The lowest BCUT2D eigenvalue weighted by molar-refractivity contribution is 0.112. The second kappa shape index (κ2) is 5.69. The third-order valence-corrected chi connectivity index (χ3v) is 3.21. The minimum absolute atomic E-state index is 0.558. The van der Waals surface area contributed by atoms with E-state index in [0.29, 0.717) is 11.3 Å². The number of ether oxygens (including phenoxy) is 1. The molecule has 0 spiro atoms. The largest absolute Gasteiger partial charge is 0.496 e. The fraction of sp³-hybridized carbons (Fsp3) is 0.333. The molecule has 0 aliphatic heterocycles. The number of hydrogen-bond acceptors (Lipinski definition) is 3. The first-order valence-corrected chi connectivity index (χ1v) is 6.37. The zero-order valence-corrected chi connectivity index (χ0v) is 11.5. The smallest absolute Gasteiger partial charge is 0.153 e. The molecule has 0 saturated heterocycles. The fourth-order valence-corrected chi connectivity index (χ4v) is 2.16. The Kier molecular flexibility index (Phi) is 4.00. The van der Waals surface area contributed by atoms with Crippen LogP contribution in [0.1, 0.15) is 29.4 Å². The molecule has 0 saturated carbocycles. The number of aromatic nitrogens is 2. The van der Waals surface area contributed by atoms with Crippen molar-refractivity contribution in [2.45, 2.75) is 26.8 Å². The van der Waals surface area contributed by atoms with E-state index < -0.39 is 0 Å². The van der Waals surface area contributed by atoms with E-state index in [2.05, 4.69) is 12.0 Å². The van der Waals surface area contributed by atoms with Crippen LogP contribution in [-0.4, -0.2) is 23.2 Å². The third kappa shape index (κ3) is 2.52. The van der Waals surface area contributed by atoms with Crippen molar-refractivity contribution >= 4 is 6.29 Å². The first-order chi connectivity index (χ1) is 9.21. The van der Waals surface area contributed by atoms with Crippen molar-refractivity contribution in [1.82, 2.24) is 9.78 Å². The van der Waals surface area contributed by atoms with E-state index in [1.807, 2.05) is 36.0 Å².